The fourth-order valence-corrected chi connectivity index (χ4v) is 3.53. The van der Waals surface area contributed by atoms with E-state index in [1.165, 1.54) is 11.8 Å². The van der Waals surface area contributed by atoms with Crippen molar-refractivity contribution in [3.05, 3.63) is 69.8 Å². The summed E-state index contributed by atoms with van der Waals surface area (Å²) in [5.74, 6) is -1.06. The second-order valence-corrected chi connectivity index (χ2v) is 6.67. The molecule has 0 bridgehead atoms. The van der Waals surface area contributed by atoms with Crippen LogP contribution in [0.4, 0.5) is 11.4 Å². The van der Waals surface area contributed by atoms with Gasteiger partial charge in [0, 0.05) is 49.5 Å². The van der Waals surface area contributed by atoms with Crippen molar-refractivity contribution in [2.45, 2.75) is 12.8 Å². The van der Waals surface area contributed by atoms with E-state index in [1.54, 1.807) is 12.1 Å². The molecule has 0 radical (unpaired) electrons. The lowest BCUT2D eigenvalue weighted by Gasteiger charge is -2.36. The molecule has 0 unspecified atom stereocenters. The van der Waals surface area contributed by atoms with Crippen molar-refractivity contribution in [3.8, 4) is 0 Å². The summed E-state index contributed by atoms with van der Waals surface area (Å²) in [5, 5.41) is 20.4. The smallest absolute Gasteiger partial charge is 0.308 e. The zero-order chi connectivity index (χ0) is 19.2. The van der Waals surface area contributed by atoms with Gasteiger partial charge in [0.2, 0.25) is 0 Å². The quantitative estimate of drug-likeness (QED) is 0.596. The van der Waals surface area contributed by atoms with Gasteiger partial charge in [0.1, 0.15) is 0 Å². The predicted octanol–water partition coefficient (Wildman–Crippen LogP) is 2.59. The number of carboxylic acids is 1. The van der Waals surface area contributed by atoms with Gasteiger partial charge in [-0.3, -0.25) is 19.8 Å². The van der Waals surface area contributed by atoms with E-state index >= 15 is 0 Å². The predicted molar refractivity (Wildman–Crippen MR) is 103 cm³/mol. The van der Waals surface area contributed by atoms with E-state index in [1.807, 2.05) is 18.2 Å². The minimum absolute atomic E-state index is 0.0529. The van der Waals surface area contributed by atoms with E-state index in [0.29, 0.717) is 12.0 Å². The number of carbonyl (C=O) groups is 1. The van der Waals surface area contributed by atoms with Crippen LogP contribution in [0.15, 0.2) is 48.5 Å². The Labute approximate surface area is 158 Å². The van der Waals surface area contributed by atoms with Crippen LogP contribution >= 0.6 is 0 Å². The third kappa shape index (κ3) is 4.83. The lowest BCUT2D eigenvalue weighted by molar-refractivity contribution is -0.386. The van der Waals surface area contributed by atoms with Gasteiger partial charge < -0.3 is 10.0 Å². The van der Waals surface area contributed by atoms with E-state index in [-0.39, 0.29) is 17.7 Å². The number of nitro groups is 1. The Balaban J connectivity index is 1.61. The van der Waals surface area contributed by atoms with Crippen LogP contribution in [-0.4, -0.2) is 53.6 Å². The van der Waals surface area contributed by atoms with Crippen molar-refractivity contribution < 1.29 is 14.8 Å². The van der Waals surface area contributed by atoms with Crippen molar-refractivity contribution in [1.29, 1.82) is 0 Å². The summed E-state index contributed by atoms with van der Waals surface area (Å²) >= 11 is 0. The molecule has 7 heteroatoms. The fourth-order valence-electron chi connectivity index (χ4n) is 3.53. The van der Waals surface area contributed by atoms with E-state index in [4.69, 9.17) is 5.11 Å². The van der Waals surface area contributed by atoms with Crippen molar-refractivity contribution in [2.75, 3.05) is 37.6 Å². The van der Waals surface area contributed by atoms with Crippen LogP contribution in [0, 0.1) is 10.1 Å². The van der Waals surface area contributed by atoms with Crippen LogP contribution in [0.5, 0.6) is 0 Å². The number of aliphatic carboxylic acids is 1. The van der Waals surface area contributed by atoms with Crippen molar-refractivity contribution in [3.63, 3.8) is 0 Å². The van der Waals surface area contributed by atoms with E-state index in [2.05, 4.69) is 21.9 Å². The molecule has 142 valence electrons. The number of benzene rings is 2. The molecule has 27 heavy (non-hydrogen) atoms. The van der Waals surface area contributed by atoms with Crippen molar-refractivity contribution in [2.24, 2.45) is 0 Å². The second-order valence-electron chi connectivity index (χ2n) is 6.67. The van der Waals surface area contributed by atoms with Gasteiger partial charge in [0.25, 0.3) is 5.69 Å². The van der Waals surface area contributed by atoms with E-state index in [0.717, 1.165) is 32.7 Å². The molecular weight excluding hydrogens is 346 g/mol. The molecule has 1 aliphatic heterocycles. The molecule has 1 saturated heterocycles. The Kier molecular flexibility index (Phi) is 6.03. The first-order valence-corrected chi connectivity index (χ1v) is 9.04. The third-order valence-electron chi connectivity index (χ3n) is 4.92. The average Bonchev–Trinajstić information content (AvgIpc) is 2.67. The Morgan fingerprint density at radius 2 is 1.67 bits per heavy atom. The molecule has 7 nitrogen and oxygen atoms in total. The van der Waals surface area contributed by atoms with Crippen molar-refractivity contribution in [1.82, 2.24) is 4.90 Å². The lowest BCUT2D eigenvalue weighted by Crippen LogP contribution is -2.47. The molecule has 0 amide bonds. The molecule has 1 aliphatic rings. The monoisotopic (exact) mass is 369 g/mol. The lowest BCUT2D eigenvalue weighted by atomic mass is 10.0. The highest BCUT2D eigenvalue weighted by molar-refractivity contribution is 5.72. The summed E-state index contributed by atoms with van der Waals surface area (Å²) in [6.45, 7) is 4.37. The van der Waals surface area contributed by atoms with Gasteiger partial charge in [0.15, 0.2) is 0 Å². The Morgan fingerprint density at radius 1 is 1.00 bits per heavy atom. The molecule has 0 aromatic heterocycles. The first kappa shape index (κ1) is 18.8. The number of nitro benzene ring substituents is 1. The van der Waals surface area contributed by atoms with Crippen molar-refractivity contribution >= 4 is 17.3 Å². The van der Waals surface area contributed by atoms with Crippen LogP contribution in [0.1, 0.15) is 11.1 Å². The Hall–Kier alpha value is -2.93. The molecule has 1 heterocycles. The van der Waals surface area contributed by atoms with E-state index < -0.39 is 10.9 Å². The minimum atomic E-state index is -1.06. The molecule has 1 fully saturated rings. The number of hydrogen-bond donors (Lipinski definition) is 1. The first-order valence-electron chi connectivity index (χ1n) is 9.04. The molecule has 0 aliphatic carbocycles. The van der Waals surface area contributed by atoms with Gasteiger partial charge >= 0.3 is 5.97 Å². The fraction of sp³-hybridized carbons (Fsp3) is 0.350. The number of piperazine rings is 1. The summed E-state index contributed by atoms with van der Waals surface area (Å²) in [7, 11) is 0. The highest BCUT2D eigenvalue weighted by atomic mass is 16.6. The maximum absolute atomic E-state index is 11.5. The molecule has 0 atom stereocenters. The number of para-hydroxylation sites is 2. The molecule has 1 N–H and O–H groups in total. The molecule has 2 aromatic rings. The molecular formula is C20H23N3O4. The van der Waals surface area contributed by atoms with Gasteiger partial charge in [-0.05, 0) is 18.6 Å². The molecule has 3 rings (SSSR count). The summed E-state index contributed by atoms with van der Waals surface area (Å²) in [5.41, 5.74) is 2.03. The Bertz CT molecular complexity index is 802. The maximum atomic E-state index is 11.5. The van der Waals surface area contributed by atoms with Gasteiger partial charge in [0.05, 0.1) is 11.3 Å². The average molecular weight is 369 g/mol. The number of nitrogens with zero attached hydrogens (tertiary/aromatic N) is 3. The standard InChI is InChI=1S/C20H23N3O4/c24-19(25)15-17-6-4-5-16(20(17)23(26)27)9-10-21-11-13-22(14-12-21)18-7-2-1-3-8-18/h1-8H,9-15H2,(H,24,25). The number of rotatable bonds is 7. The third-order valence-corrected chi connectivity index (χ3v) is 4.92. The zero-order valence-corrected chi connectivity index (χ0v) is 15.1. The molecule has 0 spiro atoms. The second kappa shape index (κ2) is 8.64. The maximum Gasteiger partial charge on any atom is 0.308 e. The number of carboxylic acid groups (broad SMARTS) is 1. The van der Waals surface area contributed by atoms with Gasteiger partial charge in [-0.25, -0.2) is 0 Å². The van der Waals surface area contributed by atoms with E-state index in [9.17, 15) is 14.9 Å². The zero-order valence-electron chi connectivity index (χ0n) is 15.1. The minimum Gasteiger partial charge on any atom is -0.481 e. The number of anilines is 1. The van der Waals surface area contributed by atoms with Crippen LogP contribution in [0.3, 0.4) is 0 Å². The largest absolute Gasteiger partial charge is 0.481 e. The van der Waals surface area contributed by atoms with Crippen LogP contribution in [0.25, 0.3) is 0 Å². The summed E-state index contributed by atoms with van der Waals surface area (Å²) in [4.78, 5) is 26.6. The summed E-state index contributed by atoms with van der Waals surface area (Å²) < 4.78 is 0. The topological polar surface area (TPSA) is 86.9 Å². The highest BCUT2D eigenvalue weighted by Crippen LogP contribution is 2.25. The SMILES string of the molecule is O=C(O)Cc1cccc(CCN2CCN(c3ccccc3)CC2)c1[N+](=O)[O-]. The first-order chi connectivity index (χ1) is 13.0. The van der Waals surface area contributed by atoms with Gasteiger partial charge in [-0.2, -0.15) is 0 Å². The summed E-state index contributed by atoms with van der Waals surface area (Å²) in [6, 6.07) is 15.2. The molecule has 0 saturated carbocycles. The Morgan fingerprint density at radius 3 is 2.30 bits per heavy atom. The van der Waals surface area contributed by atoms with Gasteiger partial charge in [-0.1, -0.05) is 36.4 Å². The number of hydrogen-bond acceptors (Lipinski definition) is 5. The van der Waals surface area contributed by atoms with Crippen LogP contribution in [-0.2, 0) is 17.6 Å². The summed E-state index contributed by atoms with van der Waals surface area (Å²) in [6.07, 6.45) is 0.203. The van der Waals surface area contributed by atoms with Gasteiger partial charge in [-0.15, -0.1) is 0 Å². The normalized spacial score (nSPS) is 14.9. The van der Waals surface area contributed by atoms with Crippen LogP contribution in [0.2, 0.25) is 0 Å². The molecule has 2 aromatic carbocycles. The highest BCUT2D eigenvalue weighted by Gasteiger charge is 2.22. The van der Waals surface area contributed by atoms with Crippen LogP contribution < -0.4 is 4.90 Å².